The number of aromatic hydroxyl groups is 9. The molecule has 0 fully saturated rings. The Balaban J connectivity index is 0.000000160. The molecule has 0 saturated heterocycles. The summed E-state index contributed by atoms with van der Waals surface area (Å²) in [4.78, 5) is 164. The number of cyclic esters (lactones) is 4. The molecular formula is C117H90O29S. The molecule has 18 rings (SSSR count). The number of fused-ring (bicyclic) bond motifs is 2. The van der Waals surface area contributed by atoms with Crippen molar-refractivity contribution in [2.45, 2.75) is 53.0 Å². The fourth-order valence-corrected chi connectivity index (χ4v) is 15.2. The number of phenolic OH excluding ortho intramolecular Hbond substituents is 9. The van der Waals surface area contributed by atoms with Gasteiger partial charge in [0, 0.05) is 61.7 Å². The van der Waals surface area contributed by atoms with E-state index in [1.165, 1.54) is 97.9 Å². The molecule has 0 amide bonds. The number of carbonyl (C=O) groups excluding carboxylic acids is 14. The van der Waals surface area contributed by atoms with Crippen LogP contribution in [0.5, 0.6) is 51.7 Å². The van der Waals surface area contributed by atoms with Gasteiger partial charge in [0.2, 0.25) is 0 Å². The maximum Gasteiger partial charge on any atom is 0.346 e. The molecule has 0 saturated carbocycles. The molecule has 16 aromatic carbocycles. The summed E-state index contributed by atoms with van der Waals surface area (Å²) in [5.41, 5.74) is 10.5. The van der Waals surface area contributed by atoms with E-state index >= 15 is 0 Å². The Morgan fingerprint density at radius 3 is 0.898 bits per heavy atom. The molecule has 0 radical (unpaired) electrons. The molecule has 738 valence electrons. The van der Waals surface area contributed by atoms with Crippen LogP contribution in [0, 0.1) is 41.5 Å². The molecule has 2 heterocycles. The number of hydrogen-bond acceptors (Lipinski definition) is 28. The van der Waals surface area contributed by atoms with Crippen LogP contribution in [0.3, 0.4) is 0 Å². The Hall–Kier alpha value is -19.4. The maximum absolute atomic E-state index is 12.5. The van der Waals surface area contributed by atoms with E-state index in [1.54, 1.807) is 207 Å². The van der Waals surface area contributed by atoms with Crippen molar-refractivity contribution in [2.75, 3.05) is 0 Å². The molecule has 2 aliphatic rings. The number of aryl methyl sites for hydroxylation is 6. The predicted molar refractivity (Wildman–Crippen MR) is 540 cm³/mol. The van der Waals surface area contributed by atoms with Crippen LogP contribution >= 0.6 is 0 Å². The fourth-order valence-electron chi connectivity index (χ4n) is 14.5. The van der Waals surface area contributed by atoms with Gasteiger partial charge in [0.15, 0.2) is 52.6 Å². The minimum Gasteiger partial charge on any atom is -0.508 e. The third kappa shape index (κ3) is 27.6. The average molecular weight is 1990 g/mol. The van der Waals surface area contributed by atoms with E-state index in [1.807, 2.05) is 64.1 Å². The van der Waals surface area contributed by atoms with Crippen molar-refractivity contribution in [2.24, 2.45) is 0 Å². The van der Waals surface area contributed by atoms with Gasteiger partial charge in [-0.05, 0) is 208 Å². The van der Waals surface area contributed by atoms with Gasteiger partial charge in [-0.3, -0.25) is 52.5 Å². The lowest BCUT2D eigenvalue weighted by Gasteiger charge is -2.08. The molecule has 11 N–H and O–H groups in total. The number of aliphatic hydroxyl groups excluding tert-OH is 1. The molecule has 0 unspecified atom stereocenters. The minimum absolute atomic E-state index is 0.0154. The van der Waals surface area contributed by atoms with Gasteiger partial charge < -0.3 is 60.5 Å². The molecule has 16 aromatic rings. The van der Waals surface area contributed by atoms with E-state index in [2.05, 4.69) is 9.47 Å². The first-order valence-electron chi connectivity index (χ1n) is 44.3. The lowest BCUT2D eigenvalue weighted by molar-refractivity contribution is 0.0425. The van der Waals surface area contributed by atoms with Crippen molar-refractivity contribution in [3.05, 3.63) is 507 Å². The molecule has 147 heavy (non-hydrogen) atoms. The summed E-state index contributed by atoms with van der Waals surface area (Å²) in [6.07, 6.45) is 1.33. The van der Waals surface area contributed by atoms with Crippen LogP contribution in [0.2, 0.25) is 0 Å². The zero-order valence-corrected chi connectivity index (χ0v) is 79.8. The molecule has 0 spiro atoms. The second-order valence-corrected chi connectivity index (χ2v) is 34.2. The monoisotopic (exact) mass is 1990 g/mol. The standard InChI is InChI=1S/C17H6O7.C15H14O4.C15H10O3.C14H12O5S.C14H12O4.3C14H12O2/c18-13(7-1-3-9-11(5-7)16(21)23-14(9)19)8-2-4-10-12(6-8)17(22)24-15(10)20;1-9-2-4-11(13(17)6-9)15(19)12-5-3-10(8-16)7-14(12)18;16-9-11-4-3-6-12(8-11)15(18)14-7-2-1-5-13(14)10-17;1-9-7-12(15)11(8-13(9)20(17,18)19)14(16)10-5-3-2-4-6-10;1-8-2-4-10(12(16)6-8)14(18)11-5-3-9(15)7-13(11)17;3*1-10-7-8-12(13(15)9-10)14(16)11-5-3-2-4-6-11/h1-6H;2-7,16-18H,8H2,1H3;1-10H;2-8,15H,1H3,(H,17,18,19);2-7,15-17H,1H3;3*2-9,15H,1H3. The number of phenols is 9. The number of rotatable bonds is 20. The van der Waals surface area contributed by atoms with Gasteiger partial charge in [0.05, 0.1) is 78.3 Å². The van der Waals surface area contributed by atoms with Crippen LogP contribution in [-0.2, 0) is 26.2 Å². The highest BCUT2D eigenvalue weighted by Gasteiger charge is 2.34. The summed E-state index contributed by atoms with van der Waals surface area (Å²) in [5.74, 6) is -6.94. The van der Waals surface area contributed by atoms with Crippen molar-refractivity contribution in [1.29, 1.82) is 0 Å². The number of ketones is 8. The first-order chi connectivity index (χ1) is 70.1. The van der Waals surface area contributed by atoms with Crippen molar-refractivity contribution in [3.8, 4) is 51.7 Å². The van der Waals surface area contributed by atoms with Crippen LogP contribution < -0.4 is 0 Å². The van der Waals surface area contributed by atoms with Crippen LogP contribution in [0.1, 0.15) is 228 Å². The predicted octanol–water partition coefficient (Wildman–Crippen LogP) is 19.5. The Morgan fingerprint density at radius 1 is 0.259 bits per heavy atom. The van der Waals surface area contributed by atoms with E-state index in [0.29, 0.717) is 79.3 Å². The number of benzene rings is 16. The van der Waals surface area contributed by atoms with Crippen molar-refractivity contribution < 1.29 is 141 Å². The summed E-state index contributed by atoms with van der Waals surface area (Å²) in [7, 11) is -4.45. The van der Waals surface area contributed by atoms with Crippen molar-refractivity contribution >= 4 is 92.8 Å². The third-order valence-electron chi connectivity index (χ3n) is 22.1. The highest BCUT2D eigenvalue weighted by molar-refractivity contribution is 7.85. The number of esters is 4. The second kappa shape index (κ2) is 49.1. The number of carbonyl (C=O) groups is 14. The Morgan fingerprint density at radius 2 is 0.558 bits per heavy atom. The molecule has 0 aromatic heterocycles. The molecule has 2 aliphatic heterocycles. The van der Waals surface area contributed by atoms with E-state index < -0.39 is 62.0 Å². The summed E-state index contributed by atoms with van der Waals surface area (Å²) in [6.45, 7) is 10.4. The van der Waals surface area contributed by atoms with E-state index in [9.17, 15) is 116 Å². The van der Waals surface area contributed by atoms with E-state index in [0.717, 1.165) is 46.0 Å². The van der Waals surface area contributed by atoms with Crippen LogP contribution in [-0.4, -0.2) is 147 Å². The average Bonchev–Trinajstić information content (AvgIpc) is 1.61. The van der Waals surface area contributed by atoms with Gasteiger partial charge >= 0.3 is 23.9 Å². The number of ether oxygens (including phenoxy) is 2. The smallest absolute Gasteiger partial charge is 0.346 e. The van der Waals surface area contributed by atoms with Gasteiger partial charge in [-0.15, -0.1) is 0 Å². The van der Waals surface area contributed by atoms with E-state index in [4.69, 9.17) is 14.8 Å². The van der Waals surface area contributed by atoms with Gasteiger partial charge in [0.1, 0.15) is 58.0 Å². The van der Waals surface area contributed by atoms with Crippen LogP contribution in [0.4, 0.5) is 0 Å². The Bertz CT molecular complexity index is 7580. The summed E-state index contributed by atoms with van der Waals surface area (Å²) in [5, 5.41) is 95.9. The zero-order chi connectivity index (χ0) is 107. The summed E-state index contributed by atoms with van der Waals surface area (Å²) >= 11 is 0. The highest BCUT2D eigenvalue weighted by Crippen LogP contribution is 2.35. The van der Waals surface area contributed by atoms with Gasteiger partial charge in [-0.2, -0.15) is 8.42 Å². The Kier molecular flexibility index (Phi) is 36.1. The fraction of sp³-hybridized carbons (Fsp3) is 0.0598. The highest BCUT2D eigenvalue weighted by atomic mass is 32.2. The summed E-state index contributed by atoms with van der Waals surface area (Å²) in [6, 6.07) is 90.6. The molecular weight excluding hydrogens is 1900 g/mol. The second-order valence-electron chi connectivity index (χ2n) is 32.8. The zero-order valence-electron chi connectivity index (χ0n) is 78.9. The van der Waals surface area contributed by atoms with Crippen molar-refractivity contribution in [3.63, 3.8) is 0 Å². The number of aldehydes is 2. The quantitative estimate of drug-likeness (QED) is 0.0111. The van der Waals surface area contributed by atoms with Gasteiger partial charge in [0.25, 0.3) is 10.1 Å². The largest absolute Gasteiger partial charge is 0.508 e. The number of hydrogen-bond donors (Lipinski definition) is 11. The molecule has 30 heteroatoms. The molecule has 29 nitrogen and oxygen atoms in total. The number of aliphatic hydroxyl groups is 1. The maximum atomic E-state index is 12.5. The minimum atomic E-state index is -4.45. The van der Waals surface area contributed by atoms with E-state index in [-0.39, 0.29) is 148 Å². The molecule has 0 aliphatic carbocycles. The lowest BCUT2D eigenvalue weighted by atomic mass is 9.96. The third-order valence-corrected chi connectivity index (χ3v) is 23.1. The van der Waals surface area contributed by atoms with Crippen LogP contribution in [0.15, 0.2) is 351 Å². The normalized spacial score (nSPS) is 11.1. The SMILES string of the molecule is Cc1cc(O)c(C(=O)c2ccccc2)cc1S(=O)(=O)O.Cc1ccc(C(=O)c2ccc(CO)cc2O)c(O)c1.Cc1ccc(C(=O)c2ccc(O)cc2O)c(O)c1.Cc1ccc(C(=O)c2ccccc2)c(O)c1.Cc1ccc(C(=O)c2ccccc2)c(O)c1.Cc1ccc(C(=O)c2ccccc2)c(O)c1.O=C(c1ccc2c(c1)C(=O)OC2=O)c1ccc2c(c1)C(=O)OC2=O.O=Cc1cccc(C(=O)c2ccccc2C=O)c1. The molecule has 0 atom stereocenters. The topological polar surface area (TPSA) is 514 Å². The first kappa shape index (κ1) is 108. The molecule has 0 bridgehead atoms. The lowest BCUT2D eigenvalue weighted by Crippen LogP contribution is -2.07. The Labute approximate surface area is 840 Å². The van der Waals surface area contributed by atoms with Crippen LogP contribution in [0.25, 0.3) is 0 Å². The van der Waals surface area contributed by atoms with Crippen molar-refractivity contribution in [1.82, 2.24) is 0 Å². The summed E-state index contributed by atoms with van der Waals surface area (Å²) < 4.78 is 40.5. The first-order valence-corrected chi connectivity index (χ1v) is 45.7. The van der Waals surface area contributed by atoms with Gasteiger partial charge in [-0.25, -0.2) is 19.2 Å². The van der Waals surface area contributed by atoms with Gasteiger partial charge in [-0.1, -0.05) is 212 Å².